The normalized spacial score (nSPS) is 17.7. The van der Waals surface area contributed by atoms with Gasteiger partial charge in [-0.05, 0) is 67.0 Å². The van der Waals surface area contributed by atoms with E-state index < -0.39 is 0 Å². The summed E-state index contributed by atoms with van der Waals surface area (Å²) in [5.74, 6) is 2.09. The first-order chi connectivity index (χ1) is 15.1. The molecule has 0 bridgehead atoms. The lowest BCUT2D eigenvalue weighted by atomic mass is 9.96. The molecule has 32 heavy (non-hydrogen) atoms. The SMILES string of the molecule is C.CCC[C@H]1CC[C@@H](Cc2cc(-c3cccc(NCc4cccc(F)c4)n3)c(Cl)cn2)C1. The van der Waals surface area contributed by atoms with Gasteiger partial charge >= 0.3 is 0 Å². The van der Waals surface area contributed by atoms with Crippen molar-refractivity contribution in [3.63, 3.8) is 0 Å². The molecule has 3 aromatic rings. The third kappa shape index (κ3) is 6.29. The van der Waals surface area contributed by atoms with E-state index in [1.54, 1.807) is 12.3 Å². The monoisotopic (exact) mass is 453 g/mol. The number of rotatable bonds is 8. The number of aromatic nitrogens is 2. The summed E-state index contributed by atoms with van der Waals surface area (Å²) in [5.41, 5.74) is 3.67. The molecule has 2 atom stereocenters. The highest BCUT2D eigenvalue weighted by atomic mass is 35.5. The van der Waals surface area contributed by atoms with Crippen molar-refractivity contribution in [2.45, 2.75) is 59.4 Å². The molecule has 0 aliphatic heterocycles. The Labute approximate surface area is 196 Å². The number of nitrogens with one attached hydrogen (secondary N) is 1. The summed E-state index contributed by atoms with van der Waals surface area (Å²) in [4.78, 5) is 9.33. The van der Waals surface area contributed by atoms with Crippen LogP contribution in [0.25, 0.3) is 11.3 Å². The first-order valence-electron chi connectivity index (χ1n) is 11.2. The van der Waals surface area contributed by atoms with Gasteiger partial charge in [0, 0.05) is 24.0 Å². The topological polar surface area (TPSA) is 37.8 Å². The molecule has 4 rings (SSSR count). The van der Waals surface area contributed by atoms with E-state index in [-0.39, 0.29) is 13.2 Å². The summed E-state index contributed by atoms with van der Waals surface area (Å²) in [5, 5.41) is 3.88. The number of hydrogen-bond donors (Lipinski definition) is 1. The zero-order chi connectivity index (χ0) is 21.6. The molecule has 0 unspecified atom stereocenters. The van der Waals surface area contributed by atoms with Gasteiger partial charge in [-0.2, -0.15) is 0 Å². The third-order valence-electron chi connectivity index (χ3n) is 6.14. The van der Waals surface area contributed by atoms with Crippen LogP contribution in [0.4, 0.5) is 10.2 Å². The minimum atomic E-state index is -0.236. The van der Waals surface area contributed by atoms with E-state index in [1.165, 1.54) is 44.2 Å². The van der Waals surface area contributed by atoms with E-state index in [2.05, 4.69) is 23.3 Å². The molecular weight excluding hydrogens is 421 g/mol. The fourth-order valence-electron chi connectivity index (χ4n) is 4.64. The van der Waals surface area contributed by atoms with Crippen molar-refractivity contribution >= 4 is 17.4 Å². The van der Waals surface area contributed by atoms with Gasteiger partial charge in [0.15, 0.2) is 0 Å². The summed E-state index contributed by atoms with van der Waals surface area (Å²) in [6, 6.07) is 14.5. The zero-order valence-electron chi connectivity index (χ0n) is 18.0. The van der Waals surface area contributed by atoms with Crippen molar-refractivity contribution < 1.29 is 4.39 Å². The molecule has 1 aliphatic rings. The van der Waals surface area contributed by atoms with Gasteiger partial charge < -0.3 is 5.32 Å². The van der Waals surface area contributed by atoms with Crippen molar-refractivity contribution in [1.82, 2.24) is 9.97 Å². The fraction of sp³-hybridized carbons (Fsp3) is 0.407. The minimum absolute atomic E-state index is 0. The van der Waals surface area contributed by atoms with Gasteiger partial charge in [-0.3, -0.25) is 4.98 Å². The first-order valence-corrected chi connectivity index (χ1v) is 11.6. The Morgan fingerprint density at radius 3 is 2.72 bits per heavy atom. The molecule has 2 aromatic heterocycles. The van der Waals surface area contributed by atoms with Crippen LogP contribution in [0.5, 0.6) is 0 Å². The summed E-state index contributed by atoms with van der Waals surface area (Å²) in [6.07, 6.45) is 9.32. The number of halogens is 2. The van der Waals surface area contributed by atoms with Crippen molar-refractivity contribution in [3.8, 4) is 11.3 Å². The maximum atomic E-state index is 13.4. The number of pyridine rings is 2. The number of hydrogen-bond acceptors (Lipinski definition) is 3. The van der Waals surface area contributed by atoms with E-state index in [9.17, 15) is 4.39 Å². The second-order valence-electron chi connectivity index (χ2n) is 8.58. The summed E-state index contributed by atoms with van der Waals surface area (Å²) >= 11 is 6.49. The maximum Gasteiger partial charge on any atom is 0.126 e. The Morgan fingerprint density at radius 1 is 1.09 bits per heavy atom. The fourth-order valence-corrected chi connectivity index (χ4v) is 4.84. The first kappa shape index (κ1) is 24.2. The van der Waals surface area contributed by atoms with Gasteiger partial charge in [0.05, 0.1) is 10.7 Å². The highest BCUT2D eigenvalue weighted by Gasteiger charge is 2.24. The van der Waals surface area contributed by atoms with Gasteiger partial charge in [-0.25, -0.2) is 9.37 Å². The predicted molar refractivity (Wildman–Crippen MR) is 132 cm³/mol. The number of anilines is 1. The van der Waals surface area contributed by atoms with Gasteiger partial charge in [0.2, 0.25) is 0 Å². The van der Waals surface area contributed by atoms with Crippen LogP contribution >= 0.6 is 11.6 Å². The summed E-state index contributed by atoms with van der Waals surface area (Å²) in [7, 11) is 0. The smallest absolute Gasteiger partial charge is 0.126 e. The average molecular weight is 454 g/mol. The lowest BCUT2D eigenvalue weighted by molar-refractivity contribution is 0.457. The molecule has 0 radical (unpaired) electrons. The summed E-state index contributed by atoms with van der Waals surface area (Å²) < 4.78 is 13.4. The van der Waals surface area contributed by atoms with Crippen LogP contribution in [0.2, 0.25) is 5.02 Å². The van der Waals surface area contributed by atoms with Crippen molar-refractivity contribution in [1.29, 1.82) is 0 Å². The molecule has 0 amide bonds. The number of nitrogens with zero attached hydrogens (tertiary/aromatic N) is 2. The highest BCUT2D eigenvalue weighted by molar-refractivity contribution is 6.33. The lowest BCUT2D eigenvalue weighted by Crippen LogP contribution is -2.04. The van der Waals surface area contributed by atoms with E-state index in [0.29, 0.717) is 17.5 Å². The molecule has 2 heterocycles. The average Bonchev–Trinajstić information content (AvgIpc) is 3.21. The van der Waals surface area contributed by atoms with Gasteiger partial charge in [0.1, 0.15) is 11.6 Å². The Balaban J connectivity index is 0.00000289. The van der Waals surface area contributed by atoms with E-state index in [4.69, 9.17) is 16.6 Å². The highest BCUT2D eigenvalue weighted by Crippen LogP contribution is 2.36. The maximum absolute atomic E-state index is 13.4. The standard InChI is InChI=1S/C26H29ClFN3.CH4/c1-2-5-18-10-11-19(12-18)14-22-15-23(24(27)17-29-22)25-8-4-9-26(31-25)30-16-20-6-3-7-21(28)13-20;/h3-4,6-9,13,15,17-19H,2,5,10-12,14,16H2,1H3,(H,30,31);1H4/t18-,19+;/m0./s1. The molecule has 3 nitrogen and oxygen atoms in total. The van der Waals surface area contributed by atoms with Crippen LogP contribution in [-0.4, -0.2) is 9.97 Å². The van der Waals surface area contributed by atoms with Crippen LogP contribution in [0, 0.1) is 17.7 Å². The Morgan fingerprint density at radius 2 is 1.91 bits per heavy atom. The Kier molecular flexibility index (Phi) is 8.63. The number of benzene rings is 1. The molecular formula is C27H33ClFN3. The van der Waals surface area contributed by atoms with Gasteiger partial charge in [-0.15, -0.1) is 0 Å². The van der Waals surface area contributed by atoms with E-state index in [0.717, 1.165) is 40.7 Å². The van der Waals surface area contributed by atoms with Gasteiger partial charge in [0.25, 0.3) is 0 Å². The molecule has 1 aliphatic carbocycles. The summed E-state index contributed by atoms with van der Waals surface area (Å²) in [6.45, 7) is 2.78. The van der Waals surface area contributed by atoms with Crippen molar-refractivity contribution in [3.05, 3.63) is 76.8 Å². The molecule has 0 spiro atoms. The van der Waals surface area contributed by atoms with Crippen molar-refractivity contribution in [2.75, 3.05) is 5.32 Å². The van der Waals surface area contributed by atoms with Crippen molar-refractivity contribution in [2.24, 2.45) is 11.8 Å². The molecule has 1 fully saturated rings. The molecule has 1 saturated carbocycles. The molecule has 5 heteroatoms. The zero-order valence-corrected chi connectivity index (χ0v) is 18.7. The molecule has 1 aromatic carbocycles. The lowest BCUT2D eigenvalue weighted by Gasteiger charge is -2.13. The molecule has 1 N–H and O–H groups in total. The minimum Gasteiger partial charge on any atom is -0.366 e. The van der Waals surface area contributed by atoms with Crippen LogP contribution in [0.1, 0.15) is 57.7 Å². The largest absolute Gasteiger partial charge is 0.366 e. The quantitative estimate of drug-likeness (QED) is 0.376. The second-order valence-corrected chi connectivity index (χ2v) is 8.99. The molecule has 0 saturated heterocycles. The van der Waals surface area contributed by atoms with E-state index >= 15 is 0 Å². The Bertz CT molecular complexity index is 1020. The predicted octanol–water partition coefficient (Wildman–Crippen LogP) is 7.94. The third-order valence-corrected chi connectivity index (χ3v) is 6.45. The van der Waals surface area contributed by atoms with Gasteiger partial charge in [-0.1, -0.05) is 63.4 Å². The second kappa shape index (κ2) is 11.4. The van der Waals surface area contributed by atoms with Crippen LogP contribution in [-0.2, 0) is 13.0 Å². The van der Waals surface area contributed by atoms with E-state index in [1.807, 2.05) is 24.3 Å². The molecule has 170 valence electrons. The van der Waals surface area contributed by atoms with Crippen LogP contribution in [0.15, 0.2) is 54.7 Å². The van der Waals surface area contributed by atoms with Crippen LogP contribution < -0.4 is 5.32 Å². The van der Waals surface area contributed by atoms with Crippen LogP contribution in [0.3, 0.4) is 0 Å². The Hall–Kier alpha value is -2.46.